The minimum atomic E-state index is -0.250. The second-order valence-electron chi connectivity index (χ2n) is 6.16. The number of carbonyl (C=O) groups is 1. The number of methoxy groups -OCH3 is 1. The lowest BCUT2D eigenvalue weighted by Gasteiger charge is -2.25. The molecule has 2 rings (SSSR count). The number of hydrogen-bond acceptors (Lipinski definition) is 5. The average Bonchev–Trinajstić information content (AvgIpc) is 3.00. The van der Waals surface area contributed by atoms with Crippen LogP contribution >= 0.6 is 0 Å². The number of imidazole rings is 1. The van der Waals surface area contributed by atoms with Gasteiger partial charge in [0.1, 0.15) is 5.75 Å². The molecule has 1 heterocycles. The Hall–Kier alpha value is -2.38. The van der Waals surface area contributed by atoms with Crippen molar-refractivity contribution in [3.63, 3.8) is 0 Å². The molecule has 2 N–H and O–H groups in total. The van der Waals surface area contributed by atoms with Crippen LogP contribution in [0.25, 0.3) is 0 Å². The van der Waals surface area contributed by atoms with Gasteiger partial charge in [-0.2, -0.15) is 0 Å². The van der Waals surface area contributed by atoms with Crippen molar-refractivity contribution >= 4 is 6.47 Å². The van der Waals surface area contributed by atoms with E-state index in [0.717, 1.165) is 24.5 Å². The van der Waals surface area contributed by atoms with Crippen LogP contribution in [0.3, 0.4) is 0 Å². The predicted molar refractivity (Wildman–Crippen MR) is 100 cm³/mol. The zero-order valence-corrected chi connectivity index (χ0v) is 16.2. The van der Waals surface area contributed by atoms with E-state index >= 15 is 0 Å². The van der Waals surface area contributed by atoms with E-state index in [1.807, 2.05) is 17.8 Å². The van der Waals surface area contributed by atoms with Gasteiger partial charge in [-0.3, -0.25) is 9.69 Å². The van der Waals surface area contributed by atoms with E-state index in [1.54, 1.807) is 13.4 Å². The number of aliphatic hydroxyl groups excluding tert-OH is 1. The highest BCUT2D eigenvalue weighted by Crippen LogP contribution is 2.28. The Bertz CT molecular complexity index is 713. The van der Waals surface area contributed by atoms with Gasteiger partial charge in [0, 0.05) is 32.9 Å². The van der Waals surface area contributed by atoms with Gasteiger partial charge in [0.15, 0.2) is 0 Å². The van der Waals surface area contributed by atoms with Crippen LogP contribution < -0.4 is 4.74 Å². The molecule has 0 saturated heterocycles. The molecule has 2 aromatic rings. The second-order valence-corrected chi connectivity index (χ2v) is 6.16. The zero-order valence-electron chi connectivity index (χ0n) is 16.2. The number of hydrogen-bond donors (Lipinski definition) is 2. The second kappa shape index (κ2) is 10.6. The molecule has 0 spiro atoms. The van der Waals surface area contributed by atoms with Crippen LogP contribution in [0.1, 0.15) is 27.9 Å². The highest BCUT2D eigenvalue weighted by Gasteiger charge is 2.15. The van der Waals surface area contributed by atoms with E-state index in [1.165, 1.54) is 22.3 Å². The topological polar surface area (TPSA) is 87.8 Å². The van der Waals surface area contributed by atoms with Crippen LogP contribution in [0.15, 0.2) is 18.6 Å². The first-order valence-corrected chi connectivity index (χ1v) is 8.39. The lowest BCUT2D eigenvalue weighted by atomic mass is 9.97. The van der Waals surface area contributed by atoms with Gasteiger partial charge in [-0.15, -0.1) is 0 Å². The molecule has 144 valence electrons. The molecule has 0 amide bonds. The van der Waals surface area contributed by atoms with Gasteiger partial charge in [-0.25, -0.2) is 4.98 Å². The number of rotatable bonds is 7. The quantitative estimate of drug-likeness (QED) is 0.732. The van der Waals surface area contributed by atoms with Crippen molar-refractivity contribution in [3.05, 3.63) is 46.5 Å². The van der Waals surface area contributed by atoms with E-state index in [-0.39, 0.29) is 13.1 Å². The lowest BCUT2D eigenvalue weighted by Crippen LogP contribution is -2.27. The van der Waals surface area contributed by atoms with E-state index in [2.05, 4.69) is 36.7 Å². The molecule has 1 aromatic heterocycles. The van der Waals surface area contributed by atoms with Gasteiger partial charge in [-0.1, -0.05) is 0 Å². The van der Waals surface area contributed by atoms with E-state index in [0.29, 0.717) is 6.54 Å². The predicted octanol–water partition coefficient (Wildman–Crippen LogP) is 2.05. The molecule has 1 aromatic carbocycles. The summed E-state index contributed by atoms with van der Waals surface area (Å²) in [7, 11) is 3.70. The van der Waals surface area contributed by atoms with Crippen LogP contribution in [-0.2, 0) is 24.9 Å². The number of nitrogens with zero attached hydrogens (tertiary/aromatic N) is 3. The number of aromatic nitrogens is 2. The number of benzene rings is 1. The Morgan fingerprint density at radius 2 is 1.92 bits per heavy atom. The van der Waals surface area contributed by atoms with E-state index in [9.17, 15) is 5.11 Å². The summed E-state index contributed by atoms with van der Waals surface area (Å²) < 4.78 is 7.47. The third-order valence-corrected chi connectivity index (χ3v) is 4.53. The van der Waals surface area contributed by atoms with Gasteiger partial charge < -0.3 is 19.5 Å². The van der Waals surface area contributed by atoms with Crippen molar-refractivity contribution in [1.29, 1.82) is 0 Å². The number of carboxylic acid groups (broad SMARTS) is 1. The smallest absolute Gasteiger partial charge is 0.290 e. The molecule has 26 heavy (non-hydrogen) atoms. The first-order valence-electron chi connectivity index (χ1n) is 8.39. The summed E-state index contributed by atoms with van der Waals surface area (Å²) in [5.41, 5.74) is 6.10. The molecule has 0 aliphatic rings. The van der Waals surface area contributed by atoms with Crippen molar-refractivity contribution in [2.45, 2.75) is 33.9 Å². The van der Waals surface area contributed by atoms with Gasteiger partial charge in [-0.05, 0) is 49.1 Å². The standard InChI is InChI=1S/C18H27N3O2.CH2O2/c1-13-8-18(23-5)15(3)14(2)17(13)11-21(6-7-22)10-16-9-19-12-20(16)4;2-1-3/h8-9,12,22H,6-7,10-11H2,1-5H3;1H,(H,2,3). The van der Waals surface area contributed by atoms with Crippen molar-refractivity contribution < 1.29 is 19.7 Å². The number of ether oxygens (including phenoxy) is 1. The fourth-order valence-corrected chi connectivity index (χ4v) is 2.90. The minimum absolute atomic E-state index is 0.144. The molecular formula is C19H29N3O4. The highest BCUT2D eigenvalue weighted by molar-refractivity contribution is 5.48. The first kappa shape index (κ1) is 21.7. The summed E-state index contributed by atoms with van der Waals surface area (Å²) in [5, 5.41) is 16.3. The van der Waals surface area contributed by atoms with Gasteiger partial charge in [0.25, 0.3) is 6.47 Å². The summed E-state index contributed by atoms with van der Waals surface area (Å²) >= 11 is 0. The van der Waals surface area contributed by atoms with Crippen molar-refractivity contribution in [3.8, 4) is 5.75 Å². The normalized spacial score (nSPS) is 10.4. The fraction of sp³-hybridized carbons (Fsp3) is 0.474. The summed E-state index contributed by atoms with van der Waals surface area (Å²) in [6.45, 7) is 8.44. The molecule has 0 bridgehead atoms. The maximum Gasteiger partial charge on any atom is 0.290 e. The summed E-state index contributed by atoms with van der Waals surface area (Å²) in [6.07, 6.45) is 3.68. The number of aryl methyl sites for hydroxylation is 2. The largest absolute Gasteiger partial charge is 0.496 e. The Kier molecular flexibility index (Phi) is 8.81. The monoisotopic (exact) mass is 363 g/mol. The SMILES string of the molecule is COc1cc(C)c(CN(CCO)Cc2cncn2C)c(C)c1C.O=CO. The molecule has 7 heteroatoms. The zero-order chi connectivity index (χ0) is 19.7. The van der Waals surface area contributed by atoms with Crippen LogP contribution in [-0.4, -0.2) is 51.4 Å². The number of aliphatic hydroxyl groups is 1. The molecule has 0 saturated carbocycles. The summed E-state index contributed by atoms with van der Waals surface area (Å²) in [6, 6.07) is 2.10. The van der Waals surface area contributed by atoms with Crippen molar-refractivity contribution in [2.24, 2.45) is 7.05 Å². The van der Waals surface area contributed by atoms with Gasteiger partial charge >= 0.3 is 0 Å². The lowest BCUT2D eigenvalue weighted by molar-refractivity contribution is -0.122. The maximum absolute atomic E-state index is 9.40. The molecule has 0 fully saturated rings. The van der Waals surface area contributed by atoms with Crippen LogP contribution in [0.2, 0.25) is 0 Å². The van der Waals surface area contributed by atoms with E-state index < -0.39 is 0 Å². The molecule has 0 aliphatic heterocycles. The molecule has 0 aliphatic carbocycles. The molecule has 0 unspecified atom stereocenters. The van der Waals surface area contributed by atoms with Crippen LogP contribution in [0, 0.1) is 20.8 Å². The molecular weight excluding hydrogens is 334 g/mol. The summed E-state index contributed by atoms with van der Waals surface area (Å²) in [4.78, 5) is 14.8. The van der Waals surface area contributed by atoms with Crippen LogP contribution in [0.5, 0.6) is 5.75 Å². The third kappa shape index (κ3) is 5.57. The van der Waals surface area contributed by atoms with Crippen molar-refractivity contribution in [2.75, 3.05) is 20.3 Å². The third-order valence-electron chi connectivity index (χ3n) is 4.53. The fourth-order valence-electron chi connectivity index (χ4n) is 2.90. The maximum atomic E-state index is 9.40. The van der Waals surface area contributed by atoms with E-state index in [4.69, 9.17) is 14.6 Å². The van der Waals surface area contributed by atoms with Crippen molar-refractivity contribution in [1.82, 2.24) is 14.5 Å². The summed E-state index contributed by atoms with van der Waals surface area (Å²) in [5.74, 6) is 0.934. The average molecular weight is 363 g/mol. The highest BCUT2D eigenvalue weighted by atomic mass is 16.5. The Labute approximate surface area is 154 Å². The molecule has 0 radical (unpaired) electrons. The Morgan fingerprint density at radius 1 is 1.27 bits per heavy atom. The first-order chi connectivity index (χ1) is 12.4. The molecule has 0 atom stereocenters. The molecule has 7 nitrogen and oxygen atoms in total. The minimum Gasteiger partial charge on any atom is -0.496 e. The van der Waals surface area contributed by atoms with Crippen LogP contribution in [0.4, 0.5) is 0 Å². The Morgan fingerprint density at radius 3 is 2.42 bits per heavy atom. The van der Waals surface area contributed by atoms with Gasteiger partial charge in [0.2, 0.25) is 0 Å². The van der Waals surface area contributed by atoms with Gasteiger partial charge in [0.05, 0.1) is 25.7 Å². The Balaban J connectivity index is 0.00000105.